The molecule has 1 unspecified atom stereocenters. The van der Waals surface area contributed by atoms with Crippen LogP contribution in [0.3, 0.4) is 0 Å². The number of nitrogens with zero attached hydrogens (tertiary/aromatic N) is 3. The summed E-state index contributed by atoms with van der Waals surface area (Å²) in [6.07, 6.45) is 0. The van der Waals surface area contributed by atoms with Gasteiger partial charge in [0.25, 0.3) is 0 Å². The number of hydrogen-bond donors (Lipinski definition) is 1. The maximum atomic E-state index is 11.7. The van der Waals surface area contributed by atoms with Crippen LogP contribution in [-0.2, 0) is 4.79 Å². The fourth-order valence-corrected chi connectivity index (χ4v) is 1.32. The van der Waals surface area contributed by atoms with E-state index in [4.69, 9.17) is 5.53 Å². The lowest BCUT2D eigenvalue weighted by Gasteiger charge is -2.11. The molecule has 84 valence electrons. The normalized spacial score (nSPS) is 11.3. The summed E-state index contributed by atoms with van der Waals surface area (Å²) >= 11 is 0. The summed E-state index contributed by atoms with van der Waals surface area (Å²) in [5, 5.41) is 6.05. The minimum absolute atomic E-state index is 0.0562. The van der Waals surface area contributed by atoms with Crippen LogP contribution in [0.15, 0.2) is 35.4 Å². The minimum Gasteiger partial charge on any atom is -0.355 e. The molecule has 0 bridgehead atoms. The number of rotatable bonds is 5. The van der Waals surface area contributed by atoms with Gasteiger partial charge in [-0.15, -0.1) is 0 Å². The first-order valence-corrected chi connectivity index (χ1v) is 5.09. The Morgan fingerprint density at radius 3 is 2.81 bits per heavy atom. The Kier molecular flexibility index (Phi) is 4.89. The van der Waals surface area contributed by atoms with Crippen molar-refractivity contribution >= 4 is 5.91 Å². The molecule has 1 atom stereocenters. The van der Waals surface area contributed by atoms with Crippen LogP contribution in [0.2, 0.25) is 0 Å². The summed E-state index contributed by atoms with van der Waals surface area (Å²) in [6, 6.07) is 9.54. The fraction of sp³-hybridized carbons (Fsp3) is 0.364. The predicted molar refractivity (Wildman–Crippen MR) is 61.9 cm³/mol. The Labute approximate surface area is 94.1 Å². The molecule has 0 radical (unpaired) electrons. The molecular weight excluding hydrogens is 204 g/mol. The van der Waals surface area contributed by atoms with E-state index < -0.39 is 0 Å². The molecule has 0 heterocycles. The van der Waals surface area contributed by atoms with Crippen molar-refractivity contribution in [2.24, 2.45) is 5.11 Å². The Hall–Kier alpha value is -2.00. The molecule has 1 aromatic rings. The Morgan fingerprint density at radius 2 is 2.19 bits per heavy atom. The highest BCUT2D eigenvalue weighted by Crippen LogP contribution is 2.13. The van der Waals surface area contributed by atoms with E-state index in [0.29, 0.717) is 6.54 Å². The van der Waals surface area contributed by atoms with Gasteiger partial charge >= 0.3 is 0 Å². The van der Waals surface area contributed by atoms with Crippen LogP contribution in [0.4, 0.5) is 0 Å². The molecule has 0 aliphatic heterocycles. The summed E-state index contributed by atoms with van der Waals surface area (Å²) in [4.78, 5) is 14.3. The lowest BCUT2D eigenvalue weighted by atomic mass is 10.0. The molecule has 16 heavy (non-hydrogen) atoms. The summed E-state index contributed by atoms with van der Waals surface area (Å²) in [6.45, 7) is 2.50. The number of hydrogen-bond acceptors (Lipinski definition) is 2. The monoisotopic (exact) mass is 218 g/mol. The Morgan fingerprint density at radius 1 is 1.50 bits per heavy atom. The van der Waals surface area contributed by atoms with E-state index in [-0.39, 0.29) is 18.4 Å². The second-order valence-electron chi connectivity index (χ2n) is 3.38. The van der Waals surface area contributed by atoms with E-state index in [1.165, 1.54) is 0 Å². The van der Waals surface area contributed by atoms with E-state index in [1.807, 2.05) is 37.3 Å². The van der Waals surface area contributed by atoms with Crippen LogP contribution in [0.25, 0.3) is 10.4 Å². The second-order valence-corrected chi connectivity index (χ2v) is 3.38. The average Bonchev–Trinajstić information content (AvgIpc) is 2.34. The maximum Gasteiger partial charge on any atom is 0.227 e. The first kappa shape index (κ1) is 12.1. The van der Waals surface area contributed by atoms with Crippen LogP contribution in [-0.4, -0.2) is 19.0 Å². The van der Waals surface area contributed by atoms with Crippen molar-refractivity contribution in [3.8, 4) is 0 Å². The van der Waals surface area contributed by atoms with E-state index in [1.54, 1.807) is 0 Å². The molecule has 1 aromatic carbocycles. The number of carbonyl (C=O) groups is 1. The zero-order valence-electron chi connectivity index (χ0n) is 9.13. The van der Waals surface area contributed by atoms with Crippen LogP contribution in [0.1, 0.15) is 18.4 Å². The fourth-order valence-electron chi connectivity index (χ4n) is 1.32. The van der Waals surface area contributed by atoms with Gasteiger partial charge in [0.1, 0.15) is 0 Å². The van der Waals surface area contributed by atoms with Gasteiger partial charge in [0.2, 0.25) is 5.91 Å². The molecule has 5 heteroatoms. The van der Waals surface area contributed by atoms with Crippen molar-refractivity contribution in [2.45, 2.75) is 12.8 Å². The third-order valence-corrected chi connectivity index (χ3v) is 2.27. The molecule has 1 N–H and O–H groups in total. The Balaban J connectivity index is 2.45. The smallest absolute Gasteiger partial charge is 0.227 e. The van der Waals surface area contributed by atoms with E-state index in [9.17, 15) is 4.79 Å². The summed E-state index contributed by atoms with van der Waals surface area (Å²) in [5.41, 5.74) is 9.04. The molecule has 1 amide bonds. The van der Waals surface area contributed by atoms with Crippen molar-refractivity contribution in [1.82, 2.24) is 5.32 Å². The van der Waals surface area contributed by atoms with Crippen LogP contribution in [0.5, 0.6) is 0 Å². The van der Waals surface area contributed by atoms with Gasteiger partial charge in [-0.25, -0.2) is 0 Å². The van der Waals surface area contributed by atoms with Gasteiger partial charge in [0.05, 0.1) is 5.92 Å². The van der Waals surface area contributed by atoms with E-state index >= 15 is 0 Å². The largest absolute Gasteiger partial charge is 0.355 e. The maximum absolute atomic E-state index is 11.7. The number of carbonyl (C=O) groups excluding carboxylic acids is 1. The van der Waals surface area contributed by atoms with Crippen molar-refractivity contribution < 1.29 is 4.79 Å². The summed E-state index contributed by atoms with van der Waals surface area (Å²) in [5.74, 6) is -0.244. The Bertz CT molecular complexity index is 384. The third kappa shape index (κ3) is 3.63. The third-order valence-electron chi connectivity index (χ3n) is 2.27. The number of nitrogens with one attached hydrogen (secondary N) is 1. The lowest BCUT2D eigenvalue weighted by molar-refractivity contribution is -0.122. The van der Waals surface area contributed by atoms with Crippen molar-refractivity contribution in [3.05, 3.63) is 46.3 Å². The van der Waals surface area contributed by atoms with Crippen LogP contribution < -0.4 is 5.32 Å². The molecule has 0 saturated carbocycles. The van der Waals surface area contributed by atoms with Gasteiger partial charge in [-0.05, 0) is 18.0 Å². The molecule has 0 fully saturated rings. The van der Waals surface area contributed by atoms with Crippen molar-refractivity contribution in [1.29, 1.82) is 0 Å². The van der Waals surface area contributed by atoms with Crippen molar-refractivity contribution in [3.63, 3.8) is 0 Å². The average molecular weight is 218 g/mol. The first-order chi connectivity index (χ1) is 7.75. The highest BCUT2D eigenvalue weighted by molar-refractivity contribution is 5.83. The lowest BCUT2D eigenvalue weighted by Crippen LogP contribution is -2.29. The van der Waals surface area contributed by atoms with Gasteiger partial charge in [0.15, 0.2) is 0 Å². The second kappa shape index (κ2) is 6.48. The molecule has 1 rings (SSSR count). The standard InChI is InChI=1S/C11H14N4O/c1-9(10-5-3-2-4-6-10)11(16)13-7-8-14-15-12/h2-6,9H,7-8H2,1H3,(H,13,16). The molecule has 0 aliphatic carbocycles. The quantitative estimate of drug-likeness (QED) is 0.349. The number of amides is 1. The molecule has 0 aliphatic rings. The van der Waals surface area contributed by atoms with Gasteiger partial charge in [-0.3, -0.25) is 4.79 Å². The van der Waals surface area contributed by atoms with Gasteiger partial charge in [-0.2, -0.15) is 0 Å². The topological polar surface area (TPSA) is 77.9 Å². The number of azide groups is 1. The summed E-state index contributed by atoms with van der Waals surface area (Å²) < 4.78 is 0. The van der Waals surface area contributed by atoms with Crippen LogP contribution in [0, 0.1) is 0 Å². The van der Waals surface area contributed by atoms with Crippen LogP contribution >= 0.6 is 0 Å². The minimum atomic E-state index is -0.188. The van der Waals surface area contributed by atoms with E-state index in [0.717, 1.165) is 5.56 Å². The molecule has 0 aromatic heterocycles. The molecular formula is C11H14N4O. The summed E-state index contributed by atoms with van der Waals surface area (Å²) in [7, 11) is 0. The zero-order chi connectivity index (χ0) is 11.8. The highest BCUT2D eigenvalue weighted by Gasteiger charge is 2.13. The molecule has 0 saturated heterocycles. The zero-order valence-corrected chi connectivity index (χ0v) is 9.13. The van der Waals surface area contributed by atoms with Gasteiger partial charge in [0, 0.05) is 18.0 Å². The highest BCUT2D eigenvalue weighted by atomic mass is 16.1. The predicted octanol–water partition coefficient (Wildman–Crippen LogP) is 2.22. The SMILES string of the molecule is CC(C(=O)NCCN=[N+]=[N-])c1ccccc1. The van der Waals surface area contributed by atoms with E-state index in [2.05, 4.69) is 15.3 Å². The van der Waals surface area contributed by atoms with Gasteiger partial charge in [-0.1, -0.05) is 35.4 Å². The molecule has 5 nitrogen and oxygen atoms in total. The van der Waals surface area contributed by atoms with Gasteiger partial charge < -0.3 is 5.32 Å². The van der Waals surface area contributed by atoms with Crippen molar-refractivity contribution in [2.75, 3.05) is 13.1 Å². The number of benzene rings is 1. The molecule has 0 spiro atoms. The first-order valence-electron chi connectivity index (χ1n) is 5.09.